The van der Waals surface area contributed by atoms with E-state index in [1.54, 1.807) is 4.80 Å². The number of carbonyl (C=O) groups is 1. The van der Waals surface area contributed by atoms with Gasteiger partial charge >= 0.3 is 0 Å². The highest BCUT2D eigenvalue weighted by molar-refractivity contribution is 5.93. The molecule has 7 heteroatoms. The maximum atomic E-state index is 13.0. The summed E-state index contributed by atoms with van der Waals surface area (Å²) in [6.45, 7) is 11.0. The molecule has 0 aliphatic carbocycles. The molecule has 0 bridgehead atoms. The van der Waals surface area contributed by atoms with Crippen molar-refractivity contribution in [2.75, 3.05) is 39.3 Å². The lowest BCUT2D eigenvalue weighted by Gasteiger charge is -2.35. The van der Waals surface area contributed by atoms with Gasteiger partial charge in [0.1, 0.15) is 0 Å². The zero-order chi connectivity index (χ0) is 19.7. The zero-order valence-corrected chi connectivity index (χ0v) is 17.0. The van der Waals surface area contributed by atoms with Crippen LogP contribution in [0.15, 0.2) is 18.2 Å². The van der Waals surface area contributed by atoms with Crippen LogP contribution < -0.4 is 0 Å². The molecule has 1 aromatic heterocycles. The summed E-state index contributed by atoms with van der Waals surface area (Å²) in [4.78, 5) is 18.9. The molecular formula is C21H29N5O2. The van der Waals surface area contributed by atoms with Crippen molar-refractivity contribution in [3.05, 3.63) is 40.7 Å². The molecule has 2 aromatic rings. The van der Waals surface area contributed by atoms with Crippen molar-refractivity contribution in [3.8, 4) is 5.69 Å². The van der Waals surface area contributed by atoms with Crippen LogP contribution in [0, 0.1) is 20.8 Å². The number of carbonyl (C=O) groups excluding carboxylic acids is 1. The van der Waals surface area contributed by atoms with Crippen LogP contribution in [0.4, 0.5) is 0 Å². The van der Waals surface area contributed by atoms with Gasteiger partial charge in [-0.3, -0.25) is 9.69 Å². The Bertz CT molecular complexity index is 848. The minimum atomic E-state index is -0.0229. The molecule has 28 heavy (non-hydrogen) atoms. The van der Waals surface area contributed by atoms with Crippen molar-refractivity contribution in [3.63, 3.8) is 0 Å². The molecule has 1 atom stereocenters. The second-order valence-corrected chi connectivity index (χ2v) is 7.94. The third kappa shape index (κ3) is 3.95. The van der Waals surface area contributed by atoms with Crippen LogP contribution >= 0.6 is 0 Å². The normalized spacial score (nSPS) is 20.7. The summed E-state index contributed by atoms with van der Waals surface area (Å²) in [6.07, 6.45) is 2.68. The number of amides is 1. The molecule has 0 saturated carbocycles. The van der Waals surface area contributed by atoms with E-state index in [0.717, 1.165) is 57.0 Å². The lowest BCUT2D eigenvalue weighted by Crippen LogP contribution is -2.50. The summed E-state index contributed by atoms with van der Waals surface area (Å²) in [5, 5.41) is 9.03. The predicted molar refractivity (Wildman–Crippen MR) is 107 cm³/mol. The molecule has 2 aliphatic heterocycles. The topological polar surface area (TPSA) is 63.5 Å². The van der Waals surface area contributed by atoms with Gasteiger partial charge in [-0.05, 0) is 45.2 Å². The molecule has 1 aromatic carbocycles. The van der Waals surface area contributed by atoms with E-state index in [4.69, 9.17) is 4.74 Å². The van der Waals surface area contributed by atoms with E-state index < -0.39 is 0 Å². The summed E-state index contributed by atoms with van der Waals surface area (Å²) in [7, 11) is 0. The largest absolute Gasteiger partial charge is 0.377 e. The molecule has 7 nitrogen and oxygen atoms in total. The van der Waals surface area contributed by atoms with Gasteiger partial charge < -0.3 is 9.64 Å². The van der Waals surface area contributed by atoms with Gasteiger partial charge in [-0.25, -0.2) is 0 Å². The van der Waals surface area contributed by atoms with E-state index in [1.165, 1.54) is 12.0 Å². The third-order valence-corrected chi connectivity index (χ3v) is 5.70. The maximum absolute atomic E-state index is 13.0. The molecule has 0 spiro atoms. The van der Waals surface area contributed by atoms with Crippen LogP contribution in [0.1, 0.15) is 40.2 Å². The number of aryl methyl sites for hydroxylation is 3. The first-order valence-corrected chi connectivity index (χ1v) is 10.2. The van der Waals surface area contributed by atoms with Crippen LogP contribution in [0.5, 0.6) is 0 Å². The third-order valence-electron chi connectivity index (χ3n) is 5.70. The van der Waals surface area contributed by atoms with Gasteiger partial charge in [0.05, 0.1) is 17.5 Å². The fourth-order valence-corrected chi connectivity index (χ4v) is 4.07. The van der Waals surface area contributed by atoms with Crippen LogP contribution in [-0.4, -0.2) is 76.1 Å². The number of aromatic nitrogens is 3. The highest BCUT2D eigenvalue weighted by atomic mass is 16.5. The van der Waals surface area contributed by atoms with Gasteiger partial charge in [0, 0.05) is 39.3 Å². The first-order chi connectivity index (χ1) is 13.5. The first kappa shape index (κ1) is 19.1. The highest BCUT2D eigenvalue weighted by Crippen LogP contribution is 2.18. The number of hydrogen-bond donors (Lipinski definition) is 0. The Labute approximate surface area is 166 Å². The SMILES string of the molecule is Cc1ccc(-n2nc(C)c(C(=O)N3CCN(CC4CCCO4)CC3)n2)c(C)c1. The van der Waals surface area contributed by atoms with Crippen molar-refractivity contribution in [2.45, 2.75) is 39.7 Å². The molecule has 0 N–H and O–H groups in total. The Balaban J connectivity index is 1.42. The molecule has 4 rings (SSSR count). The molecule has 0 radical (unpaired) electrons. The molecule has 2 aliphatic rings. The predicted octanol–water partition coefficient (Wildman–Crippen LogP) is 2.13. The highest BCUT2D eigenvalue weighted by Gasteiger charge is 2.28. The first-order valence-electron chi connectivity index (χ1n) is 10.2. The zero-order valence-electron chi connectivity index (χ0n) is 17.0. The minimum Gasteiger partial charge on any atom is -0.377 e. The van der Waals surface area contributed by atoms with Gasteiger partial charge in [-0.1, -0.05) is 17.7 Å². The van der Waals surface area contributed by atoms with E-state index in [1.807, 2.05) is 30.9 Å². The lowest BCUT2D eigenvalue weighted by molar-refractivity contribution is 0.0429. The van der Waals surface area contributed by atoms with Crippen LogP contribution in [0.2, 0.25) is 0 Å². The summed E-state index contributed by atoms with van der Waals surface area (Å²) in [5.74, 6) is -0.0229. The maximum Gasteiger partial charge on any atom is 0.276 e. The average Bonchev–Trinajstić information content (AvgIpc) is 3.31. The summed E-state index contributed by atoms with van der Waals surface area (Å²) in [5.41, 5.74) is 4.33. The monoisotopic (exact) mass is 383 g/mol. The molecule has 1 unspecified atom stereocenters. The van der Waals surface area contributed by atoms with E-state index in [9.17, 15) is 4.79 Å². The number of ether oxygens (including phenoxy) is 1. The average molecular weight is 383 g/mol. The van der Waals surface area contributed by atoms with E-state index >= 15 is 0 Å². The standard InChI is InChI=1S/C21H29N5O2/c1-15-6-7-19(16(2)13-15)26-22-17(3)20(23-26)21(27)25-10-8-24(9-11-25)14-18-5-4-12-28-18/h6-7,13,18H,4-5,8-12,14H2,1-3H3. The van der Waals surface area contributed by atoms with Gasteiger partial charge in [-0.15, -0.1) is 5.10 Å². The van der Waals surface area contributed by atoms with Crippen molar-refractivity contribution >= 4 is 5.91 Å². The second kappa shape index (κ2) is 8.01. The Hall–Kier alpha value is -2.25. The van der Waals surface area contributed by atoms with Crippen molar-refractivity contribution in [2.24, 2.45) is 0 Å². The Kier molecular flexibility index (Phi) is 5.46. The quantitative estimate of drug-likeness (QED) is 0.809. The summed E-state index contributed by atoms with van der Waals surface area (Å²) < 4.78 is 5.73. The van der Waals surface area contributed by atoms with Gasteiger partial charge in [0.2, 0.25) is 0 Å². The molecule has 2 fully saturated rings. The fraction of sp³-hybridized carbons (Fsp3) is 0.571. The second-order valence-electron chi connectivity index (χ2n) is 7.94. The number of rotatable bonds is 4. The van der Waals surface area contributed by atoms with E-state index in [-0.39, 0.29) is 5.91 Å². The van der Waals surface area contributed by atoms with E-state index in [0.29, 0.717) is 17.5 Å². The number of hydrogen-bond acceptors (Lipinski definition) is 5. The van der Waals surface area contributed by atoms with Crippen molar-refractivity contribution < 1.29 is 9.53 Å². The molecule has 2 saturated heterocycles. The lowest BCUT2D eigenvalue weighted by atomic mass is 10.1. The van der Waals surface area contributed by atoms with Crippen LogP contribution in [-0.2, 0) is 4.74 Å². The summed E-state index contributed by atoms with van der Waals surface area (Å²) >= 11 is 0. The molecular weight excluding hydrogens is 354 g/mol. The number of piperazine rings is 1. The molecule has 3 heterocycles. The Morgan fingerprint density at radius 2 is 1.93 bits per heavy atom. The Morgan fingerprint density at radius 3 is 2.61 bits per heavy atom. The number of nitrogens with zero attached hydrogens (tertiary/aromatic N) is 5. The van der Waals surface area contributed by atoms with Gasteiger partial charge in [-0.2, -0.15) is 9.90 Å². The van der Waals surface area contributed by atoms with Crippen LogP contribution in [0.3, 0.4) is 0 Å². The van der Waals surface area contributed by atoms with Gasteiger partial charge in [0.25, 0.3) is 5.91 Å². The molecule has 1 amide bonds. The smallest absolute Gasteiger partial charge is 0.276 e. The van der Waals surface area contributed by atoms with Gasteiger partial charge in [0.15, 0.2) is 5.69 Å². The van der Waals surface area contributed by atoms with E-state index in [2.05, 4.69) is 28.1 Å². The Morgan fingerprint density at radius 1 is 1.14 bits per heavy atom. The fourth-order valence-electron chi connectivity index (χ4n) is 4.07. The summed E-state index contributed by atoms with van der Waals surface area (Å²) in [6, 6.07) is 6.14. The van der Waals surface area contributed by atoms with Crippen molar-refractivity contribution in [1.29, 1.82) is 0 Å². The number of benzene rings is 1. The van der Waals surface area contributed by atoms with Crippen molar-refractivity contribution in [1.82, 2.24) is 24.8 Å². The van der Waals surface area contributed by atoms with Crippen LogP contribution in [0.25, 0.3) is 5.69 Å². The minimum absolute atomic E-state index is 0.0229. The molecule has 150 valence electrons.